The number of nitrogens with one attached hydrogen (secondary N) is 1. The van der Waals surface area contributed by atoms with E-state index < -0.39 is 13.0 Å². The van der Waals surface area contributed by atoms with Gasteiger partial charge in [0.2, 0.25) is 0 Å². The Labute approximate surface area is 124 Å². The van der Waals surface area contributed by atoms with Crippen molar-refractivity contribution < 1.29 is 4.92 Å². The highest BCUT2D eigenvalue weighted by molar-refractivity contribution is 6.87. The van der Waals surface area contributed by atoms with Crippen molar-refractivity contribution in [1.29, 1.82) is 0 Å². The SMILES string of the molecule is CC(C)(C)[Si](C)(C)C#Cc1ccc2cn[nH]c2c1[N+](=O)[O-]. The molecule has 1 N–H and O–H groups in total. The predicted octanol–water partition coefficient (Wildman–Crippen LogP) is 3.87. The summed E-state index contributed by atoms with van der Waals surface area (Å²) < 4.78 is 0. The minimum absolute atomic E-state index is 0.0104. The van der Waals surface area contributed by atoms with Crippen molar-refractivity contribution in [3.63, 3.8) is 0 Å². The van der Waals surface area contributed by atoms with Crippen LogP contribution in [0, 0.1) is 21.6 Å². The summed E-state index contributed by atoms with van der Waals surface area (Å²) in [6.45, 7) is 10.9. The number of H-pyrrole nitrogens is 1. The quantitative estimate of drug-likeness (QED) is 0.376. The first-order valence-corrected chi connectivity index (χ1v) is 9.77. The highest BCUT2D eigenvalue weighted by atomic mass is 28.3. The van der Waals surface area contributed by atoms with Gasteiger partial charge in [0.25, 0.3) is 0 Å². The van der Waals surface area contributed by atoms with Crippen molar-refractivity contribution in [2.24, 2.45) is 0 Å². The molecule has 6 heteroatoms. The van der Waals surface area contributed by atoms with Gasteiger partial charge in [0.15, 0.2) is 0 Å². The topological polar surface area (TPSA) is 71.8 Å². The molecule has 0 radical (unpaired) electrons. The van der Waals surface area contributed by atoms with Gasteiger partial charge in [-0.05, 0) is 17.2 Å². The molecule has 0 spiro atoms. The fraction of sp³-hybridized carbons (Fsp3) is 0.400. The number of hydrogen-bond donors (Lipinski definition) is 1. The second-order valence-corrected chi connectivity index (χ2v) is 11.7. The van der Waals surface area contributed by atoms with E-state index in [9.17, 15) is 10.1 Å². The minimum atomic E-state index is -1.81. The second kappa shape index (κ2) is 5.01. The number of benzene rings is 1. The fourth-order valence-electron chi connectivity index (χ4n) is 1.70. The van der Waals surface area contributed by atoms with E-state index >= 15 is 0 Å². The molecule has 0 bridgehead atoms. The van der Waals surface area contributed by atoms with E-state index in [2.05, 4.69) is 55.5 Å². The Morgan fingerprint density at radius 1 is 1.33 bits per heavy atom. The number of aromatic nitrogens is 2. The van der Waals surface area contributed by atoms with Crippen LogP contribution in [0.15, 0.2) is 18.3 Å². The van der Waals surface area contributed by atoms with E-state index in [1.165, 1.54) is 0 Å². The largest absolute Gasteiger partial charge is 0.310 e. The molecule has 1 heterocycles. The van der Waals surface area contributed by atoms with Gasteiger partial charge in [-0.3, -0.25) is 15.2 Å². The average molecular weight is 301 g/mol. The van der Waals surface area contributed by atoms with Crippen molar-refractivity contribution >= 4 is 24.7 Å². The van der Waals surface area contributed by atoms with E-state index in [1.807, 2.05) is 6.07 Å². The van der Waals surface area contributed by atoms with Crippen LogP contribution in [-0.2, 0) is 0 Å². The number of aromatic amines is 1. The molecule has 1 aromatic carbocycles. The summed E-state index contributed by atoms with van der Waals surface area (Å²) in [6, 6.07) is 3.51. The molecule has 5 nitrogen and oxygen atoms in total. The van der Waals surface area contributed by atoms with Crippen LogP contribution in [0.4, 0.5) is 5.69 Å². The molecule has 110 valence electrons. The smallest absolute Gasteiger partial charge is 0.271 e. The zero-order chi connectivity index (χ0) is 15.8. The van der Waals surface area contributed by atoms with E-state index in [0.29, 0.717) is 11.1 Å². The number of nitro benzene ring substituents is 1. The maximum Gasteiger partial charge on any atom is 0.310 e. The van der Waals surface area contributed by atoms with Gasteiger partial charge in [-0.15, -0.1) is 5.54 Å². The molecule has 0 fully saturated rings. The molecule has 0 saturated carbocycles. The molecule has 2 aromatic rings. The van der Waals surface area contributed by atoms with Crippen LogP contribution in [0.5, 0.6) is 0 Å². The zero-order valence-electron chi connectivity index (χ0n) is 12.9. The third kappa shape index (κ3) is 2.83. The third-order valence-corrected chi connectivity index (χ3v) is 8.66. The van der Waals surface area contributed by atoms with Crippen molar-refractivity contribution in [2.45, 2.75) is 38.9 Å². The maximum atomic E-state index is 11.4. The van der Waals surface area contributed by atoms with Crippen LogP contribution >= 0.6 is 0 Å². The zero-order valence-corrected chi connectivity index (χ0v) is 13.9. The highest BCUT2D eigenvalue weighted by Gasteiger charge is 2.33. The van der Waals surface area contributed by atoms with Gasteiger partial charge >= 0.3 is 5.69 Å². The molecule has 2 rings (SSSR count). The van der Waals surface area contributed by atoms with Gasteiger partial charge in [0, 0.05) is 5.39 Å². The lowest BCUT2D eigenvalue weighted by molar-refractivity contribution is -0.383. The number of nitrogens with zero attached hydrogens (tertiary/aromatic N) is 2. The van der Waals surface area contributed by atoms with Crippen LogP contribution in [0.2, 0.25) is 18.1 Å². The molecule has 0 aliphatic heterocycles. The molecule has 0 amide bonds. The number of rotatable bonds is 1. The Morgan fingerprint density at radius 3 is 2.57 bits per heavy atom. The first kappa shape index (κ1) is 15.3. The van der Waals surface area contributed by atoms with Crippen LogP contribution in [0.1, 0.15) is 26.3 Å². The highest BCUT2D eigenvalue weighted by Crippen LogP contribution is 2.35. The molecular formula is C15H19N3O2Si. The minimum Gasteiger partial charge on any atom is -0.271 e. The summed E-state index contributed by atoms with van der Waals surface area (Å²) in [4.78, 5) is 11.0. The van der Waals surface area contributed by atoms with E-state index in [0.717, 1.165) is 5.39 Å². The van der Waals surface area contributed by atoms with Gasteiger partial charge in [0.1, 0.15) is 19.2 Å². The Balaban J connectivity index is 2.59. The lowest BCUT2D eigenvalue weighted by atomic mass is 10.1. The molecule has 0 unspecified atom stereocenters. The fourth-order valence-corrected chi connectivity index (χ4v) is 2.52. The molecule has 0 saturated heterocycles. The standard InChI is InChI=1S/C15H19N3O2Si/c1-15(2,3)21(4,5)9-8-11-6-7-12-10-16-17-13(12)14(11)18(19)20/h6-7,10H,1-5H3,(H,16,17). The van der Waals surface area contributed by atoms with Crippen LogP contribution in [0.3, 0.4) is 0 Å². The van der Waals surface area contributed by atoms with Crippen LogP contribution < -0.4 is 0 Å². The summed E-state index contributed by atoms with van der Waals surface area (Å²) >= 11 is 0. The lowest BCUT2D eigenvalue weighted by Crippen LogP contribution is -2.35. The van der Waals surface area contributed by atoms with Crippen molar-refractivity contribution in [2.75, 3.05) is 0 Å². The van der Waals surface area contributed by atoms with Crippen molar-refractivity contribution in [3.8, 4) is 11.5 Å². The summed E-state index contributed by atoms with van der Waals surface area (Å²) in [5.41, 5.74) is 4.21. The predicted molar refractivity (Wildman–Crippen MR) is 86.8 cm³/mol. The monoisotopic (exact) mass is 301 g/mol. The molecule has 1 aromatic heterocycles. The molecule has 0 aliphatic rings. The molecular weight excluding hydrogens is 282 g/mol. The second-order valence-electron chi connectivity index (χ2n) is 6.68. The first-order chi connectivity index (χ1) is 9.63. The number of fused-ring (bicyclic) bond motifs is 1. The molecule has 0 aliphatic carbocycles. The van der Waals surface area contributed by atoms with Gasteiger partial charge in [0.05, 0.1) is 11.1 Å². The Hall–Kier alpha value is -2.13. The third-order valence-electron chi connectivity index (χ3n) is 4.16. The van der Waals surface area contributed by atoms with E-state index in [-0.39, 0.29) is 10.7 Å². The summed E-state index contributed by atoms with van der Waals surface area (Å²) in [7, 11) is -1.81. The van der Waals surface area contributed by atoms with Gasteiger partial charge in [-0.1, -0.05) is 39.8 Å². The van der Waals surface area contributed by atoms with Gasteiger partial charge in [-0.25, -0.2) is 0 Å². The van der Waals surface area contributed by atoms with Gasteiger partial charge < -0.3 is 0 Å². The summed E-state index contributed by atoms with van der Waals surface area (Å²) in [6.07, 6.45) is 1.58. The average Bonchev–Trinajstić information content (AvgIpc) is 2.81. The molecule has 21 heavy (non-hydrogen) atoms. The number of nitro groups is 1. The van der Waals surface area contributed by atoms with E-state index in [1.54, 1.807) is 12.3 Å². The first-order valence-electron chi connectivity index (χ1n) is 6.77. The maximum absolute atomic E-state index is 11.4. The Bertz CT molecular complexity index is 761. The lowest BCUT2D eigenvalue weighted by Gasteiger charge is -2.31. The van der Waals surface area contributed by atoms with Crippen LogP contribution in [0.25, 0.3) is 10.9 Å². The normalized spacial score (nSPS) is 12.0. The van der Waals surface area contributed by atoms with Crippen molar-refractivity contribution in [1.82, 2.24) is 10.2 Å². The summed E-state index contributed by atoms with van der Waals surface area (Å²) in [5, 5.41) is 18.8. The van der Waals surface area contributed by atoms with Crippen LogP contribution in [-0.4, -0.2) is 23.2 Å². The summed E-state index contributed by atoms with van der Waals surface area (Å²) in [5.74, 6) is 3.05. The Morgan fingerprint density at radius 2 is 2.00 bits per heavy atom. The van der Waals surface area contributed by atoms with Gasteiger partial charge in [-0.2, -0.15) is 5.10 Å². The van der Waals surface area contributed by atoms with Crippen molar-refractivity contribution in [3.05, 3.63) is 34.0 Å². The molecule has 0 atom stereocenters. The number of hydrogen-bond acceptors (Lipinski definition) is 3. The van der Waals surface area contributed by atoms with E-state index in [4.69, 9.17) is 0 Å². The Kier molecular flexibility index (Phi) is 3.64.